The van der Waals surface area contributed by atoms with Crippen molar-refractivity contribution < 1.29 is 53.4 Å². The van der Waals surface area contributed by atoms with Gasteiger partial charge in [-0.3, -0.25) is 16.0 Å². The molecule has 0 spiro atoms. The molecule has 0 fully saturated rings. The molecule has 0 heterocycles. The van der Waals surface area contributed by atoms with Crippen LogP contribution in [0.25, 0.3) is 0 Å². The fourth-order valence-electron chi connectivity index (χ4n) is 4.24. The van der Waals surface area contributed by atoms with Gasteiger partial charge in [-0.15, -0.1) is 0 Å². The Bertz CT molecular complexity index is 1430. The molecule has 51 heavy (non-hydrogen) atoms. The average Bonchev–Trinajstić information content (AvgIpc) is 3.16. The molecule has 274 valence electrons. The van der Waals surface area contributed by atoms with Crippen molar-refractivity contribution in [3.8, 4) is 17.2 Å². The van der Waals surface area contributed by atoms with Gasteiger partial charge in [0.1, 0.15) is 46.6 Å². The van der Waals surface area contributed by atoms with Crippen LogP contribution in [0.4, 0.5) is 0 Å². The molecule has 0 saturated carbocycles. The zero-order valence-electron chi connectivity index (χ0n) is 28.3. The van der Waals surface area contributed by atoms with E-state index in [1.807, 2.05) is 91.0 Å². The van der Waals surface area contributed by atoms with Crippen molar-refractivity contribution in [3.63, 3.8) is 0 Å². The van der Waals surface area contributed by atoms with Gasteiger partial charge in [0.2, 0.25) is 5.75 Å². The van der Waals surface area contributed by atoms with Crippen molar-refractivity contribution in [2.24, 2.45) is 0 Å². The summed E-state index contributed by atoms with van der Waals surface area (Å²) in [6.45, 7) is 3.06. The number of rotatable bonds is 28. The number of ether oxygens (including phenoxy) is 3. The van der Waals surface area contributed by atoms with E-state index in [1.165, 1.54) is 12.1 Å². The highest BCUT2D eigenvalue weighted by molar-refractivity contribution is 5.89. The van der Waals surface area contributed by atoms with Crippen LogP contribution in [0, 0.1) is 0 Å². The topological polar surface area (TPSA) is 156 Å². The Labute approximate surface area is 297 Å². The molecule has 0 amide bonds. The van der Waals surface area contributed by atoms with Gasteiger partial charge < -0.3 is 19.3 Å². The van der Waals surface area contributed by atoms with E-state index in [9.17, 15) is 9.90 Å². The highest BCUT2D eigenvalue weighted by Gasteiger charge is 2.19. The summed E-state index contributed by atoms with van der Waals surface area (Å²) in [4.78, 5) is 43.3. The second kappa shape index (κ2) is 24.5. The zero-order valence-corrected chi connectivity index (χ0v) is 28.3. The maximum atomic E-state index is 12.0. The van der Waals surface area contributed by atoms with Gasteiger partial charge in [-0.1, -0.05) is 91.0 Å². The standard InChI is InChI=1S/C37H45N3O11/c41-37(42)33-22-34(43-19-16-40-29-51-50-26-32-14-8-3-9-15-32)36(45-28-39-18-21-47-49-25-31-12-6-2-7-13-31)35(23-33)44-27-38-17-20-46-48-24-30-10-4-1-5-11-30/h1-15,22-23,38-40H,16-21,24-29H2,(H,41,42). The van der Waals surface area contributed by atoms with Gasteiger partial charge in [0.05, 0.1) is 18.8 Å². The molecule has 0 radical (unpaired) electrons. The van der Waals surface area contributed by atoms with Crippen LogP contribution in [0.1, 0.15) is 27.0 Å². The fourth-order valence-corrected chi connectivity index (χ4v) is 4.24. The first-order valence-electron chi connectivity index (χ1n) is 16.5. The second-order valence-corrected chi connectivity index (χ2v) is 10.7. The molecule has 4 aromatic carbocycles. The lowest BCUT2D eigenvalue weighted by Gasteiger charge is -2.18. The number of carbonyl (C=O) groups is 1. The number of hydrogen-bond acceptors (Lipinski definition) is 13. The van der Waals surface area contributed by atoms with Crippen molar-refractivity contribution in [2.75, 3.05) is 59.6 Å². The lowest BCUT2D eigenvalue weighted by Crippen LogP contribution is -2.27. The predicted octanol–water partition coefficient (Wildman–Crippen LogP) is 4.61. The Kier molecular flexibility index (Phi) is 18.8. The van der Waals surface area contributed by atoms with E-state index >= 15 is 0 Å². The molecule has 0 unspecified atom stereocenters. The van der Waals surface area contributed by atoms with Crippen molar-refractivity contribution in [1.82, 2.24) is 16.0 Å². The Morgan fingerprint density at radius 1 is 0.490 bits per heavy atom. The van der Waals surface area contributed by atoms with Crippen LogP contribution in [-0.2, 0) is 49.1 Å². The minimum Gasteiger partial charge on any atom is -0.488 e. The van der Waals surface area contributed by atoms with Gasteiger partial charge in [-0.2, -0.15) is 0 Å². The Balaban J connectivity index is 1.23. The smallest absolute Gasteiger partial charge is 0.335 e. The Morgan fingerprint density at radius 3 is 1.43 bits per heavy atom. The first-order valence-corrected chi connectivity index (χ1v) is 16.5. The number of carboxylic acids is 1. The van der Waals surface area contributed by atoms with Gasteiger partial charge in [-0.05, 0) is 28.8 Å². The normalized spacial score (nSPS) is 11.0. The molecule has 4 aromatic rings. The van der Waals surface area contributed by atoms with Crippen LogP contribution in [-0.4, -0.2) is 70.7 Å². The molecule has 0 aliphatic heterocycles. The molecule has 4 N–H and O–H groups in total. The van der Waals surface area contributed by atoms with E-state index in [2.05, 4.69) is 16.0 Å². The van der Waals surface area contributed by atoms with Crippen LogP contribution in [0.2, 0.25) is 0 Å². The van der Waals surface area contributed by atoms with Crippen molar-refractivity contribution in [1.29, 1.82) is 0 Å². The van der Waals surface area contributed by atoms with Crippen LogP contribution >= 0.6 is 0 Å². The molecule has 14 heteroatoms. The van der Waals surface area contributed by atoms with Gasteiger partial charge in [-0.25, -0.2) is 34.1 Å². The molecule has 0 atom stereocenters. The highest BCUT2D eigenvalue weighted by Crippen LogP contribution is 2.39. The zero-order chi connectivity index (χ0) is 35.6. The third kappa shape index (κ3) is 16.3. The van der Waals surface area contributed by atoms with Crippen molar-refractivity contribution in [2.45, 2.75) is 19.8 Å². The lowest BCUT2D eigenvalue weighted by atomic mass is 10.2. The summed E-state index contributed by atoms with van der Waals surface area (Å²) in [7, 11) is 0. The molecule has 14 nitrogen and oxygen atoms in total. The van der Waals surface area contributed by atoms with E-state index in [4.69, 9.17) is 43.5 Å². The SMILES string of the molecule is O=C(O)c1cc(OCCNCOOCc2ccccc2)c(OCNCCOOCc2ccccc2)c(OCNCCOOCc2ccccc2)c1. The van der Waals surface area contributed by atoms with Crippen LogP contribution in [0.5, 0.6) is 17.2 Å². The quantitative estimate of drug-likeness (QED) is 0.0281. The van der Waals surface area contributed by atoms with E-state index in [0.717, 1.165) is 16.7 Å². The van der Waals surface area contributed by atoms with Gasteiger partial charge in [0.15, 0.2) is 11.5 Å². The molecule has 4 rings (SSSR count). The summed E-state index contributed by atoms with van der Waals surface area (Å²) in [5.74, 6) is -0.565. The molecule has 0 aliphatic carbocycles. The number of carboxylic acid groups (broad SMARTS) is 1. The van der Waals surface area contributed by atoms with Crippen molar-refractivity contribution in [3.05, 3.63) is 125 Å². The predicted molar refractivity (Wildman–Crippen MR) is 185 cm³/mol. The van der Waals surface area contributed by atoms with E-state index in [1.54, 1.807) is 0 Å². The maximum Gasteiger partial charge on any atom is 0.335 e. The van der Waals surface area contributed by atoms with E-state index < -0.39 is 5.97 Å². The Hall–Kier alpha value is -4.61. The fraction of sp³-hybridized carbons (Fsp3) is 0.324. The third-order valence-electron chi connectivity index (χ3n) is 6.79. The van der Waals surface area contributed by atoms with Crippen LogP contribution < -0.4 is 30.2 Å². The first-order chi connectivity index (χ1) is 25.2. The monoisotopic (exact) mass is 707 g/mol. The van der Waals surface area contributed by atoms with Gasteiger partial charge in [0.25, 0.3) is 0 Å². The summed E-state index contributed by atoms with van der Waals surface area (Å²) < 4.78 is 17.8. The van der Waals surface area contributed by atoms with Crippen LogP contribution in [0.3, 0.4) is 0 Å². The summed E-state index contributed by atoms with van der Waals surface area (Å²) in [5.41, 5.74) is 2.94. The summed E-state index contributed by atoms with van der Waals surface area (Å²) in [5, 5.41) is 19.0. The maximum absolute atomic E-state index is 12.0. The van der Waals surface area contributed by atoms with Gasteiger partial charge >= 0.3 is 5.97 Å². The second-order valence-electron chi connectivity index (χ2n) is 10.7. The summed E-state index contributed by atoms with van der Waals surface area (Å²) in [6.07, 6.45) is 0. The minimum atomic E-state index is -1.15. The highest BCUT2D eigenvalue weighted by atomic mass is 17.2. The molecule has 0 aliphatic rings. The molecule has 0 aromatic heterocycles. The molecular weight excluding hydrogens is 662 g/mol. The van der Waals surface area contributed by atoms with Crippen LogP contribution in [0.15, 0.2) is 103 Å². The number of hydrogen-bond donors (Lipinski definition) is 4. The van der Waals surface area contributed by atoms with E-state index in [-0.39, 0.29) is 62.8 Å². The third-order valence-corrected chi connectivity index (χ3v) is 6.79. The Morgan fingerprint density at radius 2 is 0.922 bits per heavy atom. The summed E-state index contributed by atoms with van der Waals surface area (Å²) >= 11 is 0. The number of aromatic carboxylic acids is 1. The number of benzene rings is 4. The molecule has 0 saturated heterocycles. The first kappa shape index (κ1) is 39.2. The molecular formula is C37H45N3O11. The lowest BCUT2D eigenvalue weighted by molar-refractivity contribution is -0.307. The van der Waals surface area contributed by atoms with E-state index in [0.29, 0.717) is 39.5 Å². The van der Waals surface area contributed by atoms with Crippen molar-refractivity contribution >= 4 is 5.97 Å². The minimum absolute atomic E-state index is 0.0306. The average molecular weight is 708 g/mol. The largest absolute Gasteiger partial charge is 0.488 e. The summed E-state index contributed by atoms with van der Waals surface area (Å²) in [6, 6.07) is 31.8. The van der Waals surface area contributed by atoms with Gasteiger partial charge in [0, 0.05) is 19.6 Å². The number of nitrogens with one attached hydrogen (secondary N) is 3. The molecule has 0 bridgehead atoms.